The minimum Gasteiger partial charge on any atom is -0.492 e. The Morgan fingerprint density at radius 2 is 2.05 bits per heavy atom. The Morgan fingerprint density at radius 1 is 1.37 bits per heavy atom. The number of hydrogen-bond acceptors (Lipinski definition) is 3. The second-order valence-corrected chi connectivity index (χ2v) is 5.43. The molecule has 0 unspecified atom stereocenters. The van der Waals surface area contributed by atoms with Gasteiger partial charge >= 0.3 is 5.97 Å². The number of rotatable bonds is 6. The molecule has 0 fully saturated rings. The van der Waals surface area contributed by atoms with Crippen LogP contribution < -0.4 is 4.74 Å². The van der Waals surface area contributed by atoms with Crippen LogP contribution in [0.4, 0.5) is 0 Å². The van der Waals surface area contributed by atoms with Crippen LogP contribution in [-0.2, 0) is 9.59 Å². The lowest BCUT2D eigenvalue weighted by molar-refractivity contribution is -0.146. The molecule has 0 atom stereocenters. The van der Waals surface area contributed by atoms with Crippen LogP contribution in [0.25, 0.3) is 6.08 Å². The Morgan fingerprint density at radius 3 is 2.63 bits per heavy atom. The van der Waals surface area contributed by atoms with E-state index in [2.05, 4.69) is 31.9 Å². The first-order valence-electron chi connectivity index (χ1n) is 5.53. The number of halogens is 2. The number of benzene rings is 1. The van der Waals surface area contributed by atoms with E-state index in [9.17, 15) is 9.59 Å². The normalized spacial score (nSPS) is 10.7. The number of carboxylic acid groups (broad SMARTS) is 1. The molecule has 6 heteroatoms. The van der Waals surface area contributed by atoms with Crippen molar-refractivity contribution in [2.24, 2.45) is 0 Å². The van der Waals surface area contributed by atoms with Crippen molar-refractivity contribution in [3.05, 3.63) is 32.7 Å². The third-order valence-corrected chi connectivity index (χ3v) is 3.16. The maximum atomic E-state index is 11.1. The lowest BCUT2D eigenvalue weighted by atomic mass is 10.1. The topological polar surface area (TPSA) is 63.6 Å². The zero-order valence-corrected chi connectivity index (χ0v) is 13.3. The summed E-state index contributed by atoms with van der Waals surface area (Å²) in [5.74, 6) is -1.88. The van der Waals surface area contributed by atoms with Gasteiger partial charge in [0.1, 0.15) is 5.75 Å². The Bertz CT molecular complexity index is 524. The van der Waals surface area contributed by atoms with Crippen molar-refractivity contribution in [3.63, 3.8) is 0 Å². The smallest absolute Gasteiger partial charge is 0.376 e. The Balaban J connectivity index is 3.10. The van der Waals surface area contributed by atoms with E-state index in [0.29, 0.717) is 17.9 Å². The van der Waals surface area contributed by atoms with Crippen LogP contribution in [0.15, 0.2) is 27.2 Å². The molecule has 0 saturated carbocycles. The molecule has 0 saturated heterocycles. The Labute approximate surface area is 127 Å². The number of hydrogen-bond donors (Lipinski definition) is 1. The number of carbonyl (C=O) groups excluding carboxylic acids is 1. The number of aliphatic carboxylic acids is 1. The molecule has 1 aromatic rings. The summed E-state index contributed by atoms with van der Waals surface area (Å²) in [4.78, 5) is 21.5. The molecule has 102 valence electrons. The van der Waals surface area contributed by atoms with E-state index >= 15 is 0 Å². The summed E-state index contributed by atoms with van der Waals surface area (Å²) in [6.45, 7) is 2.52. The largest absolute Gasteiger partial charge is 0.492 e. The summed E-state index contributed by atoms with van der Waals surface area (Å²) in [5, 5.41) is 8.53. The van der Waals surface area contributed by atoms with Crippen LogP contribution in [0.5, 0.6) is 5.75 Å². The molecule has 0 aliphatic heterocycles. The van der Waals surface area contributed by atoms with Gasteiger partial charge in [-0.1, -0.05) is 22.9 Å². The fourth-order valence-corrected chi connectivity index (χ4v) is 2.67. The molecule has 0 amide bonds. The molecule has 0 spiro atoms. The first-order valence-corrected chi connectivity index (χ1v) is 7.11. The van der Waals surface area contributed by atoms with Gasteiger partial charge in [-0.3, -0.25) is 4.79 Å². The standard InChI is InChI=1S/C13H12Br2O4/c1-2-5-19-12-8(3-4-11(16)13(17)18)6-9(14)7-10(12)15/h3-4,6-7H,2,5H2,1H3,(H,17,18)/b4-3+. The van der Waals surface area contributed by atoms with Crippen molar-refractivity contribution in [2.45, 2.75) is 13.3 Å². The highest BCUT2D eigenvalue weighted by molar-refractivity contribution is 9.11. The second kappa shape index (κ2) is 7.45. The van der Waals surface area contributed by atoms with Gasteiger partial charge in [0.2, 0.25) is 0 Å². The minimum absolute atomic E-state index is 0.536. The van der Waals surface area contributed by atoms with E-state index in [1.807, 2.05) is 13.0 Å². The predicted octanol–water partition coefficient (Wildman–Crippen LogP) is 3.67. The summed E-state index contributed by atoms with van der Waals surface area (Å²) in [5.41, 5.74) is 0.629. The molecule has 0 aliphatic rings. The molecule has 1 N–H and O–H groups in total. The third kappa shape index (κ3) is 4.80. The van der Waals surface area contributed by atoms with Gasteiger partial charge < -0.3 is 9.84 Å². The van der Waals surface area contributed by atoms with Crippen LogP contribution in [0.3, 0.4) is 0 Å². The summed E-state index contributed by atoms with van der Waals surface area (Å²) in [6, 6.07) is 3.57. The van der Waals surface area contributed by atoms with Gasteiger partial charge in [-0.2, -0.15) is 0 Å². The summed E-state index contributed by atoms with van der Waals surface area (Å²) >= 11 is 6.70. The van der Waals surface area contributed by atoms with Crippen LogP contribution in [0, 0.1) is 0 Å². The zero-order valence-electron chi connectivity index (χ0n) is 10.2. The van der Waals surface area contributed by atoms with E-state index in [-0.39, 0.29) is 0 Å². The fourth-order valence-electron chi connectivity index (χ4n) is 1.30. The van der Waals surface area contributed by atoms with Crippen molar-refractivity contribution < 1.29 is 19.4 Å². The Hall–Kier alpha value is -1.14. The number of carbonyl (C=O) groups is 2. The predicted molar refractivity (Wildman–Crippen MR) is 79.3 cm³/mol. The molecule has 0 radical (unpaired) electrons. The van der Waals surface area contributed by atoms with Crippen molar-refractivity contribution in [1.82, 2.24) is 0 Å². The van der Waals surface area contributed by atoms with Crippen LogP contribution in [0.2, 0.25) is 0 Å². The maximum absolute atomic E-state index is 11.1. The number of ether oxygens (including phenoxy) is 1. The maximum Gasteiger partial charge on any atom is 0.376 e. The van der Waals surface area contributed by atoms with Gasteiger partial charge in [-0.25, -0.2) is 4.79 Å². The first kappa shape index (κ1) is 15.9. The van der Waals surface area contributed by atoms with E-state index < -0.39 is 11.8 Å². The van der Waals surface area contributed by atoms with Gasteiger partial charge in [0.05, 0.1) is 11.1 Å². The van der Waals surface area contributed by atoms with Gasteiger partial charge in [0.25, 0.3) is 5.78 Å². The first-order chi connectivity index (χ1) is 8.95. The molecule has 4 nitrogen and oxygen atoms in total. The van der Waals surface area contributed by atoms with Crippen molar-refractivity contribution in [2.75, 3.05) is 6.61 Å². The van der Waals surface area contributed by atoms with Gasteiger partial charge in [-0.15, -0.1) is 0 Å². The van der Waals surface area contributed by atoms with Gasteiger partial charge in [0.15, 0.2) is 0 Å². The number of carboxylic acids is 1. The summed E-state index contributed by atoms with van der Waals surface area (Å²) < 4.78 is 7.12. The Kier molecular flexibility index (Phi) is 6.24. The molecule has 0 heterocycles. The average molecular weight is 392 g/mol. The monoisotopic (exact) mass is 390 g/mol. The lowest BCUT2D eigenvalue weighted by Crippen LogP contribution is -2.08. The molecule has 0 aromatic heterocycles. The zero-order chi connectivity index (χ0) is 14.4. The highest BCUT2D eigenvalue weighted by Gasteiger charge is 2.10. The molecule has 1 aromatic carbocycles. The van der Waals surface area contributed by atoms with Crippen molar-refractivity contribution in [3.8, 4) is 5.75 Å². The summed E-state index contributed by atoms with van der Waals surface area (Å²) in [7, 11) is 0. The lowest BCUT2D eigenvalue weighted by Gasteiger charge is -2.11. The SMILES string of the molecule is CCCOc1c(Br)cc(Br)cc1/C=C/C(=O)C(=O)O. The fraction of sp³-hybridized carbons (Fsp3) is 0.231. The van der Waals surface area contributed by atoms with Crippen molar-refractivity contribution in [1.29, 1.82) is 0 Å². The van der Waals surface area contributed by atoms with E-state index in [1.54, 1.807) is 6.07 Å². The second-order valence-electron chi connectivity index (χ2n) is 3.66. The van der Waals surface area contributed by atoms with E-state index in [4.69, 9.17) is 9.84 Å². The molecule has 0 bridgehead atoms. The van der Waals surface area contributed by atoms with E-state index in [0.717, 1.165) is 21.4 Å². The average Bonchev–Trinajstić information content (AvgIpc) is 2.34. The quantitative estimate of drug-likeness (QED) is 0.593. The minimum atomic E-state index is -1.48. The summed E-state index contributed by atoms with van der Waals surface area (Å²) in [6.07, 6.45) is 3.28. The highest BCUT2D eigenvalue weighted by Crippen LogP contribution is 2.33. The molecule has 0 aliphatic carbocycles. The molecule has 19 heavy (non-hydrogen) atoms. The van der Waals surface area contributed by atoms with Gasteiger partial charge in [0, 0.05) is 10.0 Å². The van der Waals surface area contributed by atoms with Crippen LogP contribution in [-0.4, -0.2) is 23.5 Å². The van der Waals surface area contributed by atoms with Crippen molar-refractivity contribution >= 4 is 49.7 Å². The molecule has 1 rings (SSSR count). The molecular formula is C13H12Br2O4. The van der Waals surface area contributed by atoms with Gasteiger partial charge in [-0.05, 0) is 46.6 Å². The van der Waals surface area contributed by atoms with Crippen LogP contribution >= 0.6 is 31.9 Å². The van der Waals surface area contributed by atoms with Crippen LogP contribution in [0.1, 0.15) is 18.9 Å². The molecular weight excluding hydrogens is 380 g/mol. The third-order valence-electron chi connectivity index (χ3n) is 2.11. The number of ketones is 1. The highest BCUT2D eigenvalue weighted by atomic mass is 79.9. The van der Waals surface area contributed by atoms with E-state index in [1.165, 1.54) is 6.08 Å².